The predicted molar refractivity (Wildman–Crippen MR) is 105 cm³/mol. The molecule has 0 radical (unpaired) electrons. The van der Waals surface area contributed by atoms with Crippen molar-refractivity contribution in [3.05, 3.63) is 53.8 Å². The Balaban J connectivity index is 2.15. The van der Waals surface area contributed by atoms with E-state index in [1.165, 1.54) is 25.1 Å². The van der Waals surface area contributed by atoms with Gasteiger partial charge in [-0.05, 0) is 63.2 Å². The molecule has 0 fully saturated rings. The van der Waals surface area contributed by atoms with Crippen LogP contribution in [0.3, 0.4) is 0 Å². The fourth-order valence-electron chi connectivity index (χ4n) is 2.25. The summed E-state index contributed by atoms with van der Waals surface area (Å²) in [5.74, 6) is -1.27. The Kier molecular flexibility index (Phi) is 6.35. The van der Waals surface area contributed by atoms with Crippen molar-refractivity contribution in [3.8, 4) is 0 Å². The quantitative estimate of drug-likeness (QED) is 0.725. The predicted octanol–water partition coefficient (Wildman–Crippen LogP) is 4.38. The molecule has 0 spiro atoms. The van der Waals surface area contributed by atoms with E-state index in [0.29, 0.717) is 11.3 Å². The number of halogens is 1. The molecule has 0 aromatic heterocycles. The van der Waals surface area contributed by atoms with Gasteiger partial charge in [0.25, 0.3) is 5.91 Å². The number of carbonyl (C=O) groups excluding carboxylic acids is 3. The molecule has 3 N–H and O–H groups in total. The third-order valence-electron chi connectivity index (χ3n) is 3.33. The zero-order valence-electron chi connectivity index (χ0n) is 16.1. The molecule has 7 nitrogen and oxygen atoms in total. The number of amides is 3. The molecule has 2 aromatic carbocycles. The third kappa shape index (κ3) is 6.39. The van der Waals surface area contributed by atoms with Gasteiger partial charge >= 0.3 is 6.09 Å². The molecule has 3 amide bonds. The lowest BCUT2D eigenvalue weighted by Crippen LogP contribution is -2.27. The van der Waals surface area contributed by atoms with Crippen LogP contribution in [0, 0.1) is 5.82 Å². The number of hydrogen-bond donors (Lipinski definition) is 3. The molecule has 148 valence electrons. The molecular weight excluding hydrogens is 365 g/mol. The Bertz CT molecular complexity index is 889. The van der Waals surface area contributed by atoms with Crippen LogP contribution in [-0.4, -0.2) is 23.5 Å². The van der Waals surface area contributed by atoms with Gasteiger partial charge in [-0.3, -0.25) is 14.9 Å². The molecule has 0 aliphatic heterocycles. The lowest BCUT2D eigenvalue weighted by Gasteiger charge is -2.20. The average Bonchev–Trinajstić information content (AvgIpc) is 2.55. The maximum atomic E-state index is 13.6. The number of benzene rings is 2. The highest BCUT2D eigenvalue weighted by molar-refractivity contribution is 6.07. The van der Waals surface area contributed by atoms with Crippen LogP contribution in [0.25, 0.3) is 0 Å². The van der Waals surface area contributed by atoms with Crippen molar-refractivity contribution in [3.63, 3.8) is 0 Å². The first-order chi connectivity index (χ1) is 13.0. The smallest absolute Gasteiger partial charge is 0.412 e. The minimum Gasteiger partial charge on any atom is -0.444 e. The molecule has 8 heteroatoms. The topological polar surface area (TPSA) is 96.5 Å². The maximum absolute atomic E-state index is 13.6. The van der Waals surface area contributed by atoms with Gasteiger partial charge in [0.1, 0.15) is 11.4 Å². The molecular formula is C20H22FN3O4. The summed E-state index contributed by atoms with van der Waals surface area (Å²) in [6.45, 7) is 6.48. The van der Waals surface area contributed by atoms with Crippen molar-refractivity contribution in [1.29, 1.82) is 0 Å². The second-order valence-electron chi connectivity index (χ2n) is 7.03. The molecule has 2 aromatic rings. The lowest BCUT2D eigenvalue weighted by atomic mass is 10.1. The number of carbonyl (C=O) groups is 3. The zero-order chi connectivity index (χ0) is 20.9. The van der Waals surface area contributed by atoms with E-state index in [1.807, 2.05) is 0 Å². The summed E-state index contributed by atoms with van der Waals surface area (Å²) in [4.78, 5) is 35.5. The van der Waals surface area contributed by atoms with Crippen LogP contribution in [0.1, 0.15) is 38.1 Å². The summed E-state index contributed by atoms with van der Waals surface area (Å²) in [5, 5.41) is 7.65. The number of rotatable bonds is 4. The fraction of sp³-hybridized carbons (Fsp3) is 0.250. The molecule has 2 rings (SSSR count). The van der Waals surface area contributed by atoms with Crippen LogP contribution in [0.4, 0.5) is 26.2 Å². The monoisotopic (exact) mass is 387 g/mol. The van der Waals surface area contributed by atoms with Crippen LogP contribution < -0.4 is 16.0 Å². The molecule has 0 saturated carbocycles. The Morgan fingerprint density at radius 3 is 2.11 bits per heavy atom. The highest BCUT2D eigenvalue weighted by atomic mass is 19.1. The summed E-state index contributed by atoms with van der Waals surface area (Å²) in [6, 6.07) is 9.82. The molecule has 0 bridgehead atoms. The minimum atomic E-state index is -0.770. The summed E-state index contributed by atoms with van der Waals surface area (Å²) in [7, 11) is 0. The van der Waals surface area contributed by atoms with Gasteiger partial charge in [0, 0.05) is 18.2 Å². The van der Waals surface area contributed by atoms with Gasteiger partial charge in [0.2, 0.25) is 5.91 Å². The van der Waals surface area contributed by atoms with Crippen molar-refractivity contribution in [2.24, 2.45) is 0 Å². The van der Waals surface area contributed by atoms with Gasteiger partial charge < -0.3 is 15.4 Å². The maximum Gasteiger partial charge on any atom is 0.412 e. The van der Waals surface area contributed by atoms with E-state index in [4.69, 9.17) is 4.74 Å². The second-order valence-corrected chi connectivity index (χ2v) is 7.03. The van der Waals surface area contributed by atoms with Gasteiger partial charge in [0.05, 0.1) is 11.4 Å². The SMILES string of the molecule is CC(=O)Nc1ccc(C(=O)Nc2ccc(F)cc2NC(=O)OC(C)(C)C)cc1. The Morgan fingerprint density at radius 2 is 1.54 bits per heavy atom. The van der Waals surface area contributed by atoms with E-state index >= 15 is 0 Å². The second kappa shape index (κ2) is 8.51. The Labute approximate surface area is 162 Å². The summed E-state index contributed by atoms with van der Waals surface area (Å²) < 4.78 is 18.8. The highest BCUT2D eigenvalue weighted by Gasteiger charge is 2.18. The number of hydrogen-bond acceptors (Lipinski definition) is 4. The lowest BCUT2D eigenvalue weighted by molar-refractivity contribution is -0.114. The minimum absolute atomic E-state index is 0.0671. The number of anilines is 3. The highest BCUT2D eigenvalue weighted by Crippen LogP contribution is 2.24. The van der Waals surface area contributed by atoms with Crippen molar-refractivity contribution < 1.29 is 23.5 Å². The Hall–Kier alpha value is -3.42. The average molecular weight is 387 g/mol. The molecule has 0 atom stereocenters. The van der Waals surface area contributed by atoms with Gasteiger partial charge in [-0.25, -0.2) is 9.18 Å². The first kappa shape index (κ1) is 20.9. The molecule has 0 saturated heterocycles. The summed E-state index contributed by atoms with van der Waals surface area (Å²) in [5.41, 5.74) is 0.427. The van der Waals surface area contributed by atoms with Gasteiger partial charge in [0.15, 0.2) is 0 Å². The van der Waals surface area contributed by atoms with E-state index in [9.17, 15) is 18.8 Å². The van der Waals surface area contributed by atoms with E-state index in [-0.39, 0.29) is 17.3 Å². The van der Waals surface area contributed by atoms with Crippen molar-refractivity contribution in [2.45, 2.75) is 33.3 Å². The molecule has 0 heterocycles. The van der Waals surface area contributed by atoms with Crippen molar-refractivity contribution in [1.82, 2.24) is 0 Å². The molecule has 28 heavy (non-hydrogen) atoms. The van der Waals surface area contributed by atoms with Gasteiger partial charge in [-0.15, -0.1) is 0 Å². The van der Waals surface area contributed by atoms with Crippen LogP contribution in [-0.2, 0) is 9.53 Å². The number of nitrogens with one attached hydrogen (secondary N) is 3. The largest absolute Gasteiger partial charge is 0.444 e. The first-order valence-electron chi connectivity index (χ1n) is 8.52. The summed E-state index contributed by atoms with van der Waals surface area (Å²) >= 11 is 0. The molecule has 0 aliphatic rings. The van der Waals surface area contributed by atoms with Crippen molar-refractivity contribution >= 4 is 35.0 Å². The van der Waals surface area contributed by atoms with Crippen LogP contribution in [0.5, 0.6) is 0 Å². The number of ether oxygens (including phenoxy) is 1. The van der Waals surface area contributed by atoms with Crippen molar-refractivity contribution in [2.75, 3.05) is 16.0 Å². The zero-order valence-corrected chi connectivity index (χ0v) is 16.1. The normalized spacial score (nSPS) is 10.8. The van der Waals surface area contributed by atoms with E-state index in [2.05, 4.69) is 16.0 Å². The van der Waals surface area contributed by atoms with Crippen LogP contribution in [0.2, 0.25) is 0 Å². The van der Waals surface area contributed by atoms with Crippen LogP contribution >= 0.6 is 0 Å². The van der Waals surface area contributed by atoms with E-state index in [1.54, 1.807) is 32.9 Å². The molecule has 0 aliphatic carbocycles. The molecule has 0 unspecified atom stereocenters. The van der Waals surface area contributed by atoms with E-state index in [0.717, 1.165) is 12.1 Å². The first-order valence-corrected chi connectivity index (χ1v) is 8.52. The summed E-state index contributed by atoms with van der Waals surface area (Å²) in [6.07, 6.45) is -0.770. The van der Waals surface area contributed by atoms with Gasteiger partial charge in [-0.2, -0.15) is 0 Å². The standard InChI is InChI=1S/C20H22FN3O4/c1-12(25)22-15-8-5-13(6-9-15)18(26)23-16-10-7-14(21)11-17(16)24-19(27)28-20(2,3)4/h5-11H,1-4H3,(H,22,25)(H,23,26)(H,24,27). The van der Waals surface area contributed by atoms with Crippen LogP contribution in [0.15, 0.2) is 42.5 Å². The van der Waals surface area contributed by atoms with E-state index < -0.39 is 23.4 Å². The third-order valence-corrected chi connectivity index (χ3v) is 3.33. The van der Waals surface area contributed by atoms with Gasteiger partial charge in [-0.1, -0.05) is 0 Å². The fourth-order valence-corrected chi connectivity index (χ4v) is 2.25. The Morgan fingerprint density at radius 1 is 0.893 bits per heavy atom.